The summed E-state index contributed by atoms with van der Waals surface area (Å²) in [6.07, 6.45) is 0.486. The van der Waals surface area contributed by atoms with Crippen molar-refractivity contribution < 1.29 is 28.4 Å². The van der Waals surface area contributed by atoms with E-state index in [0.29, 0.717) is 12.0 Å². The maximum Gasteiger partial charge on any atom is 0.584 e. The van der Waals surface area contributed by atoms with E-state index >= 15 is 0 Å². The van der Waals surface area contributed by atoms with Crippen LogP contribution >= 0.6 is 7.82 Å². The van der Waals surface area contributed by atoms with Crippen LogP contribution < -0.4 is 9.05 Å². The molecule has 6 nitrogen and oxygen atoms in total. The first-order valence-corrected chi connectivity index (χ1v) is 12.1. The van der Waals surface area contributed by atoms with Gasteiger partial charge in [0.1, 0.15) is 17.2 Å². The second kappa shape index (κ2) is 10.4. The predicted molar refractivity (Wildman–Crippen MR) is 129 cm³/mol. The zero-order chi connectivity index (χ0) is 24.0. The minimum Gasteiger partial charge on any atom is -0.508 e. The molecule has 0 fully saturated rings. The molecular weight excluding hydrogens is 451 g/mol. The van der Waals surface area contributed by atoms with Gasteiger partial charge in [0.15, 0.2) is 5.78 Å². The highest BCUT2D eigenvalue weighted by Crippen LogP contribution is 2.44. The van der Waals surface area contributed by atoms with E-state index in [-0.39, 0.29) is 23.0 Å². The number of ketones is 1. The van der Waals surface area contributed by atoms with Crippen LogP contribution in [0.4, 0.5) is 0 Å². The van der Waals surface area contributed by atoms with Gasteiger partial charge in [-0.3, -0.25) is 9.69 Å². The van der Waals surface area contributed by atoms with Gasteiger partial charge >= 0.3 is 7.82 Å². The van der Waals surface area contributed by atoms with Gasteiger partial charge in [0, 0.05) is 5.56 Å². The van der Waals surface area contributed by atoms with Gasteiger partial charge in [-0.15, -0.1) is 0 Å². The summed E-state index contributed by atoms with van der Waals surface area (Å²) >= 11 is 0. The molecule has 0 amide bonds. The summed E-state index contributed by atoms with van der Waals surface area (Å²) in [4.78, 5) is 23.5. The van der Waals surface area contributed by atoms with E-state index in [1.165, 1.54) is 12.1 Å². The van der Waals surface area contributed by atoms with Crippen LogP contribution in [0.5, 0.6) is 17.2 Å². The molecule has 0 aliphatic carbocycles. The Hall–Kier alpha value is -3.86. The number of benzene rings is 4. The van der Waals surface area contributed by atoms with Crippen molar-refractivity contribution in [3.05, 3.63) is 126 Å². The van der Waals surface area contributed by atoms with Crippen molar-refractivity contribution >= 4 is 13.6 Å². The molecule has 0 aromatic heterocycles. The second-order valence-corrected chi connectivity index (χ2v) is 8.99. The van der Waals surface area contributed by atoms with E-state index in [1.54, 1.807) is 66.7 Å². The highest BCUT2D eigenvalue weighted by atomic mass is 31.2. The van der Waals surface area contributed by atoms with Crippen LogP contribution in [0, 0.1) is 0 Å². The molecular formula is C27H23O6P. The molecule has 0 bridgehead atoms. The Morgan fingerprint density at radius 1 is 0.735 bits per heavy atom. The predicted octanol–water partition coefficient (Wildman–Crippen LogP) is 6.16. The van der Waals surface area contributed by atoms with E-state index in [1.807, 2.05) is 30.3 Å². The van der Waals surface area contributed by atoms with Gasteiger partial charge in [-0.25, -0.2) is 4.57 Å². The third kappa shape index (κ3) is 6.13. The number of phenolic OH excluding ortho intramolecular Hbond substituents is 1. The van der Waals surface area contributed by atoms with Crippen molar-refractivity contribution in [2.45, 2.75) is 12.3 Å². The maximum absolute atomic E-state index is 13.4. The number of carbonyl (C=O) groups excluding carboxylic acids is 1. The number of phenols is 1. The van der Waals surface area contributed by atoms with Crippen molar-refractivity contribution in [1.29, 1.82) is 0 Å². The largest absolute Gasteiger partial charge is 0.584 e. The number of carbonyl (C=O) groups is 1. The van der Waals surface area contributed by atoms with E-state index in [2.05, 4.69) is 0 Å². The number of para-hydroxylation sites is 1. The SMILES string of the molecule is O=C(c1ccc(OP(=O)(O)Oc2ccccc2)cc1)C(Cc1ccccc1)c1ccc(O)cc1. The van der Waals surface area contributed by atoms with Crippen LogP contribution in [0.1, 0.15) is 27.4 Å². The Labute approximate surface area is 197 Å². The van der Waals surface area contributed by atoms with Gasteiger partial charge in [-0.2, -0.15) is 0 Å². The molecule has 0 aliphatic heterocycles. The Morgan fingerprint density at radius 2 is 1.26 bits per heavy atom. The zero-order valence-corrected chi connectivity index (χ0v) is 19.0. The molecule has 0 saturated carbocycles. The van der Waals surface area contributed by atoms with Crippen LogP contribution in [-0.2, 0) is 11.0 Å². The fourth-order valence-electron chi connectivity index (χ4n) is 3.57. The summed E-state index contributed by atoms with van der Waals surface area (Å²) in [5.41, 5.74) is 2.22. The lowest BCUT2D eigenvalue weighted by Gasteiger charge is -2.18. The van der Waals surface area contributed by atoms with E-state index in [4.69, 9.17) is 9.05 Å². The standard InChI is InChI=1S/C27H23O6P/c28-23-15-11-21(12-16-23)26(19-20-7-3-1-4-8-20)27(29)22-13-17-25(18-14-22)33-34(30,31)32-24-9-5-2-6-10-24/h1-18,26,28H,19H2,(H,30,31). The number of phosphoric ester groups is 1. The van der Waals surface area contributed by atoms with Crippen LogP contribution in [0.2, 0.25) is 0 Å². The highest BCUT2D eigenvalue weighted by molar-refractivity contribution is 7.48. The van der Waals surface area contributed by atoms with Gasteiger partial charge in [-0.05, 0) is 66.1 Å². The molecule has 0 aliphatic rings. The number of hydrogen-bond donors (Lipinski definition) is 2. The summed E-state index contributed by atoms with van der Waals surface area (Å²) in [7, 11) is -4.40. The maximum atomic E-state index is 13.4. The molecule has 4 rings (SSSR count). The van der Waals surface area contributed by atoms with Crippen molar-refractivity contribution in [1.82, 2.24) is 0 Å². The highest BCUT2D eigenvalue weighted by Gasteiger charge is 2.26. The van der Waals surface area contributed by atoms with Gasteiger partial charge in [0.2, 0.25) is 0 Å². The molecule has 2 atom stereocenters. The van der Waals surface area contributed by atoms with Crippen molar-refractivity contribution in [2.75, 3.05) is 0 Å². The van der Waals surface area contributed by atoms with E-state index < -0.39 is 13.7 Å². The fraction of sp³-hybridized carbons (Fsp3) is 0.0741. The van der Waals surface area contributed by atoms with Crippen molar-refractivity contribution in [3.8, 4) is 17.2 Å². The molecule has 4 aromatic rings. The zero-order valence-electron chi connectivity index (χ0n) is 18.2. The molecule has 2 unspecified atom stereocenters. The Kier molecular flexibility index (Phi) is 7.12. The first-order valence-electron chi connectivity index (χ1n) is 10.6. The van der Waals surface area contributed by atoms with Gasteiger partial charge < -0.3 is 14.2 Å². The lowest BCUT2D eigenvalue weighted by Crippen LogP contribution is -2.15. The number of aromatic hydroxyl groups is 1. The first kappa shape index (κ1) is 23.3. The summed E-state index contributed by atoms with van der Waals surface area (Å²) in [6.45, 7) is 0. The van der Waals surface area contributed by atoms with Gasteiger partial charge in [0.05, 0.1) is 5.92 Å². The Morgan fingerprint density at radius 3 is 1.85 bits per heavy atom. The number of phosphoric acid groups is 1. The third-order valence-electron chi connectivity index (χ3n) is 5.22. The minimum absolute atomic E-state index is 0.0996. The minimum atomic E-state index is -4.40. The Balaban J connectivity index is 1.52. The topological polar surface area (TPSA) is 93.1 Å². The quantitative estimate of drug-likeness (QED) is 0.223. The molecule has 4 aromatic carbocycles. The van der Waals surface area contributed by atoms with Crippen LogP contribution in [-0.4, -0.2) is 15.8 Å². The van der Waals surface area contributed by atoms with Crippen LogP contribution in [0.15, 0.2) is 109 Å². The Bertz CT molecular complexity index is 1270. The summed E-state index contributed by atoms with van der Waals surface area (Å²) < 4.78 is 22.5. The molecule has 7 heteroatoms. The third-order valence-corrected chi connectivity index (χ3v) is 6.10. The lowest BCUT2D eigenvalue weighted by molar-refractivity contribution is 0.0958. The average Bonchev–Trinajstić information content (AvgIpc) is 2.84. The fourth-order valence-corrected chi connectivity index (χ4v) is 4.38. The number of hydrogen-bond acceptors (Lipinski definition) is 5. The van der Waals surface area contributed by atoms with Crippen molar-refractivity contribution in [3.63, 3.8) is 0 Å². The molecule has 0 radical (unpaired) electrons. The lowest BCUT2D eigenvalue weighted by atomic mass is 9.85. The molecule has 0 saturated heterocycles. The normalized spacial score (nSPS) is 13.4. The van der Waals surface area contributed by atoms with Gasteiger partial charge in [0.25, 0.3) is 0 Å². The summed E-state index contributed by atoms with van der Waals surface area (Å²) in [6, 6.07) is 30.5. The second-order valence-electron chi connectivity index (χ2n) is 7.69. The van der Waals surface area contributed by atoms with E-state index in [0.717, 1.165) is 11.1 Å². The average molecular weight is 474 g/mol. The summed E-state index contributed by atoms with van der Waals surface area (Å²) in [5.74, 6) is -0.156. The molecule has 0 heterocycles. The van der Waals surface area contributed by atoms with Crippen molar-refractivity contribution in [2.24, 2.45) is 0 Å². The first-order chi connectivity index (χ1) is 16.4. The number of Topliss-reactive ketones (excluding diaryl/α,β-unsaturated/α-hetero) is 1. The monoisotopic (exact) mass is 474 g/mol. The molecule has 34 heavy (non-hydrogen) atoms. The van der Waals surface area contributed by atoms with Crippen LogP contribution in [0.25, 0.3) is 0 Å². The molecule has 2 N–H and O–H groups in total. The van der Waals surface area contributed by atoms with E-state index in [9.17, 15) is 19.4 Å². The summed E-state index contributed by atoms with van der Waals surface area (Å²) in [5, 5.41) is 9.65. The van der Waals surface area contributed by atoms with Crippen LogP contribution in [0.3, 0.4) is 0 Å². The smallest absolute Gasteiger partial charge is 0.508 e. The van der Waals surface area contributed by atoms with Gasteiger partial charge in [-0.1, -0.05) is 60.7 Å². The molecule has 0 spiro atoms. The molecule has 172 valence electrons. The number of rotatable bonds is 9.